The summed E-state index contributed by atoms with van der Waals surface area (Å²) >= 11 is 0. The number of nitrogens with one attached hydrogen (secondary N) is 1. The molecule has 29 heavy (non-hydrogen) atoms. The van der Waals surface area contributed by atoms with Crippen LogP contribution in [0.1, 0.15) is 12.5 Å². The van der Waals surface area contributed by atoms with Crippen LogP contribution in [-0.2, 0) is 15.0 Å². The monoisotopic (exact) mass is 423 g/mol. The van der Waals surface area contributed by atoms with Gasteiger partial charge in [-0.1, -0.05) is 18.2 Å². The highest BCUT2D eigenvalue weighted by Gasteiger charge is 2.27. The largest absolute Gasteiger partial charge is 0.491 e. The summed E-state index contributed by atoms with van der Waals surface area (Å²) in [5.74, 6) is -0.278. The highest BCUT2D eigenvalue weighted by Crippen LogP contribution is 2.20. The quantitative estimate of drug-likeness (QED) is 0.672. The number of hydrogen-bond donors (Lipinski definition) is 1. The van der Waals surface area contributed by atoms with Gasteiger partial charge in [0.15, 0.2) is 0 Å². The van der Waals surface area contributed by atoms with Gasteiger partial charge in [0.05, 0.1) is 11.7 Å². The van der Waals surface area contributed by atoms with Crippen molar-refractivity contribution in [3.8, 4) is 5.75 Å². The number of hydrogen-bond acceptors (Lipinski definition) is 4. The minimum atomic E-state index is -3.94. The van der Waals surface area contributed by atoms with Crippen LogP contribution in [0.4, 0.5) is 10.1 Å². The predicted octanol–water partition coefficient (Wildman–Crippen LogP) is 2.33. The molecule has 0 aliphatic rings. The Bertz CT molecular complexity index is 933. The number of amides is 1. The van der Waals surface area contributed by atoms with Crippen molar-refractivity contribution in [2.45, 2.75) is 19.9 Å². The number of carbonyl (C=O) groups excluding carboxylic acids is 1. The molecule has 2 aromatic rings. The minimum Gasteiger partial charge on any atom is -0.491 e. The van der Waals surface area contributed by atoms with Crippen molar-refractivity contribution in [2.24, 2.45) is 0 Å². The number of anilines is 1. The van der Waals surface area contributed by atoms with Crippen molar-refractivity contribution < 1.29 is 22.3 Å². The Morgan fingerprint density at radius 2 is 1.76 bits per heavy atom. The van der Waals surface area contributed by atoms with Gasteiger partial charge in [-0.2, -0.15) is 12.7 Å². The van der Waals surface area contributed by atoms with Crippen LogP contribution in [0.5, 0.6) is 5.75 Å². The molecule has 0 spiro atoms. The third-order valence-corrected chi connectivity index (χ3v) is 5.95. The number of para-hydroxylation sites is 1. The summed E-state index contributed by atoms with van der Waals surface area (Å²) in [6.45, 7) is 3.47. The van der Waals surface area contributed by atoms with Crippen LogP contribution in [-0.4, -0.2) is 51.9 Å². The lowest BCUT2D eigenvalue weighted by Crippen LogP contribution is -2.48. The highest BCUT2D eigenvalue weighted by molar-refractivity contribution is 7.90. The molecule has 9 heteroatoms. The summed E-state index contributed by atoms with van der Waals surface area (Å²) in [4.78, 5) is 12.5. The van der Waals surface area contributed by atoms with Gasteiger partial charge in [0.25, 0.3) is 0 Å². The smallest absolute Gasteiger partial charge is 0.304 e. The van der Waals surface area contributed by atoms with Crippen molar-refractivity contribution >= 4 is 21.8 Å². The zero-order chi connectivity index (χ0) is 21.6. The molecule has 1 atom stereocenters. The van der Waals surface area contributed by atoms with E-state index in [-0.39, 0.29) is 18.3 Å². The van der Waals surface area contributed by atoms with Crippen molar-refractivity contribution in [1.29, 1.82) is 0 Å². The fourth-order valence-corrected chi connectivity index (χ4v) is 3.60. The molecule has 0 radical (unpaired) electrons. The van der Waals surface area contributed by atoms with Gasteiger partial charge in [-0.05, 0) is 49.7 Å². The van der Waals surface area contributed by atoms with E-state index in [1.54, 1.807) is 6.92 Å². The van der Waals surface area contributed by atoms with Crippen molar-refractivity contribution in [2.75, 3.05) is 31.6 Å². The summed E-state index contributed by atoms with van der Waals surface area (Å²) < 4.78 is 46.1. The van der Waals surface area contributed by atoms with Gasteiger partial charge < -0.3 is 10.1 Å². The molecule has 0 fully saturated rings. The zero-order valence-corrected chi connectivity index (χ0v) is 17.7. The van der Waals surface area contributed by atoms with E-state index in [2.05, 4.69) is 5.32 Å². The maximum absolute atomic E-state index is 13.2. The Morgan fingerprint density at radius 3 is 2.34 bits per heavy atom. The van der Waals surface area contributed by atoms with Gasteiger partial charge in [0.2, 0.25) is 5.91 Å². The Hall–Kier alpha value is -2.65. The van der Waals surface area contributed by atoms with Gasteiger partial charge >= 0.3 is 10.2 Å². The molecule has 0 heterocycles. The summed E-state index contributed by atoms with van der Waals surface area (Å²) in [5.41, 5.74) is 1.17. The number of halogens is 1. The molecule has 2 aromatic carbocycles. The minimum absolute atomic E-state index is 0.194. The second-order valence-corrected chi connectivity index (χ2v) is 8.89. The van der Waals surface area contributed by atoms with Crippen molar-refractivity contribution in [3.05, 3.63) is 59.9 Å². The molecule has 0 bridgehead atoms. The van der Waals surface area contributed by atoms with Crippen LogP contribution < -0.4 is 14.4 Å². The number of ether oxygens (including phenoxy) is 1. The van der Waals surface area contributed by atoms with Gasteiger partial charge in [-0.15, -0.1) is 0 Å². The first kappa shape index (κ1) is 22.6. The first-order chi connectivity index (χ1) is 13.6. The highest BCUT2D eigenvalue weighted by atomic mass is 32.2. The second kappa shape index (κ2) is 9.71. The Morgan fingerprint density at radius 1 is 1.14 bits per heavy atom. The molecule has 0 saturated carbocycles. The van der Waals surface area contributed by atoms with Gasteiger partial charge in [-0.3, -0.25) is 4.79 Å². The molecule has 0 aliphatic heterocycles. The molecular formula is C20H26FN3O4S. The molecular weight excluding hydrogens is 397 g/mol. The first-order valence-electron chi connectivity index (χ1n) is 9.05. The molecule has 0 unspecified atom stereocenters. The van der Waals surface area contributed by atoms with E-state index in [1.165, 1.54) is 26.2 Å². The molecule has 0 saturated heterocycles. The van der Waals surface area contributed by atoms with E-state index in [4.69, 9.17) is 4.74 Å². The maximum Gasteiger partial charge on any atom is 0.304 e. The SMILES string of the molecule is Cc1ccccc1OC[C@@H](C)NC(=O)CN(c1ccc(F)cc1)S(=O)(=O)N(C)C. The van der Waals surface area contributed by atoms with Crippen LogP contribution in [0, 0.1) is 12.7 Å². The Labute approximate surface area is 171 Å². The van der Waals surface area contributed by atoms with Gasteiger partial charge in [-0.25, -0.2) is 8.70 Å². The van der Waals surface area contributed by atoms with Crippen molar-refractivity contribution in [1.82, 2.24) is 9.62 Å². The van der Waals surface area contributed by atoms with E-state index in [1.807, 2.05) is 31.2 Å². The molecule has 1 N–H and O–H groups in total. The normalized spacial score (nSPS) is 12.5. The third-order valence-electron chi connectivity index (χ3n) is 4.13. The van der Waals surface area contributed by atoms with Crippen LogP contribution in [0.3, 0.4) is 0 Å². The molecule has 0 aromatic heterocycles. The molecule has 7 nitrogen and oxygen atoms in total. The Kier molecular flexibility index (Phi) is 7.58. The van der Waals surface area contributed by atoms with Gasteiger partial charge in [0.1, 0.15) is 24.7 Å². The zero-order valence-electron chi connectivity index (χ0n) is 16.9. The van der Waals surface area contributed by atoms with E-state index >= 15 is 0 Å². The summed E-state index contributed by atoms with van der Waals surface area (Å²) in [6.07, 6.45) is 0. The van der Waals surface area contributed by atoms with E-state index in [0.717, 1.165) is 32.1 Å². The summed E-state index contributed by atoms with van der Waals surface area (Å²) in [7, 11) is -1.22. The molecule has 1 amide bonds. The number of carbonyl (C=O) groups is 1. The van der Waals surface area contributed by atoms with Crippen LogP contribution >= 0.6 is 0 Å². The van der Waals surface area contributed by atoms with E-state index in [9.17, 15) is 17.6 Å². The lowest BCUT2D eigenvalue weighted by molar-refractivity contribution is -0.120. The molecule has 2 rings (SSSR count). The predicted molar refractivity (Wildman–Crippen MR) is 111 cm³/mol. The molecule has 158 valence electrons. The summed E-state index contributed by atoms with van der Waals surface area (Å²) in [5, 5.41) is 2.73. The second-order valence-electron chi connectivity index (χ2n) is 6.82. The maximum atomic E-state index is 13.2. The third kappa shape index (κ3) is 6.16. The van der Waals surface area contributed by atoms with Gasteiger partial charge in [0, 0.05) is 14.1 Å². The lowest BCUT2D eigenvalue weighted by Gasteiger charge is -2.27. The summed E-state index contributed by atoms with van der Waals surface area (Å²) in [6, 6.07) is 12.1. The average molecular weight is 424 g/mol. The molecule has 0 aliphatic carbocycles. The van der Waals surface area contributed by atoms with Crippen molar-refractivity contribution in [3.63, 3.8) is 0 Å². The number of aryl methyl sites for hydroxylation is 1. The Balaban J connectivity index is 2.05. The standard InChI is InChI=1S/C20H26FN3O4S/c1-15-7-5-6-8-19(15)28-14-16(2)22-20(25)13-24(29(26,27)23(3)4)18-11-9-17(21)10-12-18/h5-12,16H,13-14H2,1-4H3,(H,22,25)/t16-/m1/s1. The number of benzene rings is 2. The number of nitrogens with zero attached hydrogens (tertiary/aromatic N) is 2. The fraction of sp³-hybridized carbons (Fsp3) is 0.350. The first-order valence-corrected chi connectivity index (χ1v) is 10.4. The van der Waals surface area contributed by atoms with E-state index in [0.29, 0.717) is 0 Å². The van der Waals surface area contributed by atoms with Crippen LogP contribution in [0.25, 0.3) is 0 Å². The fourth-order valence-electron chi connectivity index (χ4n) is 2.54. The number of rotatable bonds is 9. The average Bonchev–Trinajstić information content (AvgIpc) is 2.66. The van der Waals surface area contributed by atoms with E-state index < -0.39 is 28.5 Å². The topological polar surface area (TPSA) is 79.0 Å². The van der Waals surface area contributed by atoms with Crippen LogP contribution in [0.2, 0.25) is 0 Å². The lowest BCUT2D eigenvalue weighted by atomic mass is 10.2. The van der Waals surface area contributed by atoms with Crippen LogP contribution in [0.15, 0.2) is 48.5 Å².